The lowest BCUT2D eigenvalue weighted by molar-refractivity contribution is 0.890. The SMILES string of the molecule is CCC(C)Sc1nc(N)c2[nH]cnc2n1. The fourth-order valence-corrected chi connectivity index (χ4v) is 1.97. The van der Waals surface area contributed by atoms with E-state index in [4.69, 9.17) is 5.73 Å². The third-order valence-corrected chi connectivity index (χ3v) is 3.30. The van der Waals surface area contributed by atoms with E-state index in [1.165, 1.54) is 0 Å². The Morgan fingerprint density at radius 3 is 3.07 bits per heavy atom. The Kier molecular flexibility index (Phi) is 2.77. The predicted molar refractivity (Wildman–Crippen MR) is 61.7 cm³/mol. The summed E-state index contributed by atoms with van der Waals surface area (Å²) < 4.78 is 0. The highest BCUT2D eigenvalue weighted by atomic mass is 32.2. The maximum Gasteiger partial charge on any atom is 0.191 e. The lowest BCUT2D eigenvalue weighted by Crippen LogP contribution is -2.00. The number of nitrogens with two attached hydrogens (primary N) is 1. The maximum absolute atomic E-state index is 5.78. The van der Waals surface area contributed by atoms with Crippen LogP contribution in [-0.4, -0.2) is 25.2 Å². The molecule has 0 aliphatic rings. The lowest BCUT2D eigenvalue weighted by atomic mass is 10.4. The summed E-state index contributed by atoms with van der Waals surface area (Å²) in [5.74, 6) is 0.461. The van der Waals surface area contributed by atoms with Gasteiger partial charge in [-0.15, -0.1) is 0 Å². The van der Waals surface area contributed by atoms with Gasteiger partial charge in [-0.05, 0) is 6.42 Å². The van der Waals surface area contributed by atoms with Crippen LogP contribution in [-0.2, 0) is 0 Å². The lowest BCUT2D eigenvalue weighted by Gasteiger charge is -2.06. The number of nitrogens with one attached hydrogen (secondary N) is 1. The number of anilines is 1. The summed E-state index contributed by atoms with van der Waals surface area (Å²) in [6.45, 7) is 4.27. The van der Waals surface area contributed by atoms with Crippen molar-refractivity contribution >= 4 is 28.7 Å². The first-order valence-corrected chi connectivity index (χ1v) is 5.72. The van der Waals surface area contributed by atoms with Crippen molar-refractivity contribution in [1.29, 1.82) is 0 Å². The minimum Gasteiger partial charge on any atom is -0.382 e. The summed E-state index contributed by atoms with van der Waals surface area (Å²) >= 11 is 1.62. The number of imidazole rings is 1. The molecule has 15 heavy (non-hydrogen) atoms. The smallest absolute Gasteiger partial charge is 0.191 e. The largest absolute Gasteiger partial charge is 0.382 e. The molecule has 5 nitrogen and oxygen atoms in total. The summed E-state index contributed by atoms with van der Waals surface area (Å²) in [4.78, 5) is 15.5. The molecule has 0 saturated heterocycles. The van der Waals surface area contributed by atoms with E-state index in [9.17, 15) is 0 Å². The molecular formula is C9H13N5S. The number of H-pyrrole nitrogens is 1. The number of aromatic amines is 1. The van der Waals surface area contributed by atoms with E-state index in [2.05, 4.69) is 33.8 Å². The molecule has 2 aromatic heterocycles. The van der Waals surface area contributed by atoms with Gasteiger partial charge in [-0.1, -0.05) is 25.6 Å². The zero-order valence-corrected chi connectivity index (χ0v) is 9.51. The number of hydrogen-bond acceptors (Lipinski definition) is 5. The molecule has 6 heteroatoms. The van der Waals surface area contributed by atoms with Crippen LogP contribution in [0.2, 0.25) is 0 Å². The van der Waals surface area contributed by atoms with E-state index in [0.717, 1.165) is 6.42 Å². The molecule has 0 aliphatic heterocycles. The molecule has 0 amide bonds. The van der Waals surface area contributed by atoms with Crippen molar-refractivity contribution in [3.63, 3.8) is 0 Å². The molecule has 1 atom stereocenters. The van der Waals surface area contributed by atoms with Crippen molar-refractivity contribution < 1.29 is 0 Å². The number of hydrogen-bond donors (Lipinski definition) is 2. The Morgan fingerprint density at radius 2 is 2.33 bits per heavy atom. The zero-order valence-electron chi connectivity index (χ0n) is 8.69. The molecule has 0 fully saturated rings. The number of nitrogens with zero attached hydrogens (tertiary/aromatic N) is 3. The summed E-state index contributed by atoms with van der Waals surface area (Å²) in [6, 6.07) is 0. The molecule has 2 rings (SSSR count). The van der Waals surface area contributed by atoms with Gasteiger partial charge in [-0.2, -0.15) is 0 Å². The molecule has 0 radical (unpaired) electrons. The van der Waals surface area contributed by atoms with Crippen LogP contribution in [0, 0.1) is 0 Å². The first-order chi connectivity index (χ1) is 7.20. The Hall–Kier alpha value is -1.30. The van der Waals surface area contributed by atoms with Crippen LogP contribution >= 0.6 is 11.8 Å². The van der Waals surface area contributed by atoms with Gasteiger partial charge >= 0.3 is 0 Å². The average molecular weight is 223 g/mol. The number of rotatable bonds is 3. The third-order valence-electron chi connectivity index (χ3n) is 2.17. The minimum atomic E-state index is 0.461. The second-order valence-electron chi connectivity index (χ2n) is 3.33. The van der Waals surface area contributed by atoms with Crippen molar-refractivity contribution in [1.82, 2.24) is 19.9 Å². The van der Waals surface area contributed by atoms with Crippen LogP contribution in [0.15, 0.2) is 11.5 Å². The molecule has 0 spiro atoms. The minimum absolute atomic E-state index is 0.461. The van der Waals surface area contributed by atoms with Gasteiger partial charge in [0.25, 0.3) is 0 Å². The van der Waals surface area contributed by atoms with Crippen molar-refractivity contribution in [2.75, 3.05) is 5.73 Å². The molecule has 0 aliphatic carbocycles. The van der Waals surface area contributed by atoms with E-state index >= 15 is 0 Å². The van der Waals surface area contributed by atoms with Gasteiger partial charge < -0.3 is 10.7 Å². The number of aromatic nitrogens is 4. The van der Waals surface area contributed by atoms with E-state index < -0.39 is 0 Å². The van der Waals surface area contributed by atoms with Gasteiger partial charge in [0.15, 0.2) is 16.6 Å². The molecule has 80 valence electrons. The summed E-state index contributed by atoms with van der Waals surface area (Å²) in [7, 11) is 0. The maximum atomic E-state index is 5.78. The van der Waals surface area contributed by atoms with Crippen LogP contribution < -0.4 is 5.73 Å². The van der Waals surface area contributed by atoms with Crippen molar-refractivity contribution in [2.45, 2.75) is 30.7 Å². The monoisotopic (exact) mass is 223 g/mol. The van der Waals surface area contributed by atoms with Gasteiger partial charge in [0, 0.05) is 5.25 Å². The highest BCUT2D eigenvalue weighted by molar-refractivity contribution is 7.99. The highest BCUT2D eigenvalue weighted by Crippen LogP contribution is 2.24. The van der Waals surface area contributed by atoms with Crippen LogP contribution in [0.1, 0.15) is 20.3 Å². The topological polar surface area (TPSA) is 80.5 Å². The molecule has 0 saturated carbocycles. The molecule has 0 bridgehead atoms. The van der Waals surface area contributed by atoms with Crippen LogP contribution in [0.25, 0.3) is 11.2 Å². The number of thioether (sulfide) groups is 1. The molecular weight excluding hydrogens is 210 g/mol. The second-order valence-corrected chi connectivity index (χ2v) is 4.73. The standard InChI is InChI=1S/C9H13N5S/c1-3-5(2)15-9-13-7(10)6-8(14-9)12-4-11-6/h4-5H,3H2,1-2H3,(H3,10,11,12,13,14). The van der Waals surface area contributed by atoms with Gasteiger partial charge in [-0.25, -0.2) is 15.0 Å². The fourth-order valence-electron chi connectivity index (χ4n) is 1.15. The van der Waals surface area contributed by atoms with Gasteiger partial charge in [-0.3, -0.25) is 0 Å². The van der Waals surface area contributed by atoms with E-state index in [-0.39, 0.29) is 0 Å². The molecule has 2 heterocycles. The van der Waals surface area contributed by atoms with Crippen LogP contribution in [0.5, 0.6) is 0 Å². The predicted octanol–water partition coefficient (Wildman–Crippen LogP) is 1.83. The van der Waals surface area contributed by atoms with Crippen molar-refractivity contribution in [3.8, 4) is 0 Å². The van der Waals surface area contributed by atoms with Gasteiger partial charge in [0.1, 0.15) is 5.52 Å². The molecule has 1 unspecified atom stereocenters. The third kappa shape index (κ3) is 2.04. The Balaban J connectivity index is 2.36. The Morgan fingerprint density at radius 1 is 1.53 bits per heavy atom. The van der Waals surface area contributed by atoms with E-state index in [1.807, 2.05) is 0 Å². The second kappa shape index (κ2) is 4.06. The fraction of sp³-hybridized carbons (Fsp3) is 0.444. The molecule has 2 aromatic rings. The summed E-state index contributed by atoms with van der Waals surface area (Å²) in [6.07, 6.45) is 2.65. The van der Waals surface area contributed by atoms with Crippen molar-refractivity contribution in [3.05, 3.63) is 6.33 Å². The van der Waals surface area contributed by atoms with E-state index in [0.29, 0.717) is 27.4 Å². The normalized spacial score (nSPS) is 13.2. The highest BCUT2D eigenvalue weighted by Gasteiger charge is 2.09. The van der Waals surface area contributed by atoms with Crippen LogP contribution in [0.4, 0.5) is 5.82 Å². The number of fused-ring (bicyclic) bond motifs is 1. The summed E-state index contributed by atoms with van der Waals surface area (Å²) in [5.41, 5.74) is 7.13. The number of nitrogen functional groups attached to an aromatic ring is 1. The van der Waals surface area contributed by atoms with Gasteiger partial charge in [0.05, 0.1) is 6.33 Å². The summed E-state index contributed by atoms with van der Waals surface area (Å²) in [5, 5.41) is 1.18. The zero-order chi connectivity index (χ0) is 10.8. The average Bonchev–Trinajstić information content (AvgIpc) is 2.66. The van der Waals surface area contributed by atoms with Crippen molar-refractivity contribution in [2.24, 2.45) is 0 Å². The Bertz CT molecular complexity index is 466. The van der Waals surface area contributed by atoms with Gasteiger partial charge in [0.2, 0.25) is 0 Å². The first-order valence-electron chi connectivity index (χ1n) is 4.84. The molecule has 0 aromatic carbocycles. The molecule has 3 N–H and O–H groups in total. The van der Waals surface area contributed by atoms with Crippen LogP contribution in [0.3, 0.4) is 0 Å². The van der Waals surface area contributed by atoms with E-state index in [1.54, 1.807) is 18.1 Å². The Labute approximate surface area is 91.9 Å². The first kappa shape index (κ1) is 10.2. The quantitative estimate of drug-likeness (QED) is 0.613.